The highest BCUT2D eigenvalue weighted by atomic mass is 35.5. The van der Waals surface area contributed by atoms with Crippen molar-refractivity contribution in [1.82, 2.24) is 10.2 Å². The van der Waals surface area contributed by atoms with Crippen molar-refractivity contribution in [2.45, 2.75) is 13.8 Å². The highest BCUT2D eigenvalue weighted by Gasteiger charge is 2.25. The smallest absolute Gasteiger partial charge is 0.255 e. The number of nitrogens with one attached hydrogen (secondary N) is 1. The van der Waals surface area contributed by atoms with Crippen LogP contribution in [-0.2, 0) is 0 Å². The second-order valence-electron chi connectivity index (χ2n) is 5.60. The number of benzene rings is 1. The van der Waals surface area contributed by atoms with E-state index in [2.05, 4.69) is 10.2 Å². The molecule has 0 fully saturated rings. The van der Waals surface area contributed by atoms with Crippen molar-refractivity contribution < 1.29 is 9.53 Å². The van der Waals surface area contributed by atoms with Gasteiger partial charge in [-0.3, -0.25) is 4.79 Å². The Morgan fingerprint density at radius 3 is 2.32 bits per heavy atom. The summed E-state index contributed by atoms with van der Waals surface area (Å²) >= 11 is 6.15. The molecule has 0 saturated heterocycles. The number of halogens is 1. The number of nitrogen functional groups attached to an aromatic ring is 1. The van der Waals surface area contributed by atoms with Gasteiger partial charge in [0.2, 0.25) is 0 Å². The first-order chi connectivity index (χ1) is 13.4. The largest absolute Gasteiger partial charge is 0.495 e. The van der Waals surface area contributed by atoms with E-state index in [0.29, 0.717) is 13.1 Å². The Morgan fingerprint density at radius 2 is 1.86 bits per heavy atom. The molecule has 8 nitrogen and oxygen atoms in total. The van der Waals surface area contributed by atoms with Gasteiger partial charge < -0.3 is 20.7 Å². The lowest BCUT2D eigenvalue weighted by atomic mass is 9.96. The van der Waals surface area contributed by atoms with Crippen LogP contribution in [0.15, 0.2) is 11.6 Å². The van der Waals surface area contributed by atoms with Gasteiger partial charge in [0.05, 0.1) is 34.5 Å². The van der Waals surface area contributed by atoms with Crippen molar-refractivity contribution in [3.05, 3.63) is 27.8 Å². The van der Waals surface area contributed by atoms with Crippen LogP contribution < -0.4 is 15.8 Å². The van der Waals surface area contributed by atoms with Crippen LogP contribution in [0.1, 0.15) is 29.8 Å². The van der Waals surface area contributed by atoms with E-state index in [4.69, 9.17) is 32.6 Å². The average molecular weight is 401 g/mol. The number of carbonyl (C=O) groups is 1. The molecule has 1 aromatic carbocycles. The zero-order valence-electron chi connectivity index (χ0n) is 16.0. The number of nitrogens with zero attached hydrogens (tertiary/aromatic N) is 4. The molecule has 0 atom stereocenters. The molecule has 0 bridgehead atoms. The second-order valence-corrected chi connectivity index (χ2v) is 6.00. The number of hydrogen-bond acceptors (Lipinski definition) is 7. The Balaban J connectivity index is 3.45. The van der Waals surface area contributed by atoms with Crippen LogP contribution in [0.4, 0.5) is 5.69 Å². The number of likely N-dealkylation sites (N-methyl/N-ethyl adjacent to an activating group) is 1. The monoisotopic (exact) mass is 400 g/mol. The lowest BCUT2D eigenvalue weighted by molar-refractivity contribution is 0.0946. The van der Waals surface area contributed by atoms with E-state index in [1.54, 1.807) is 18.2 Å². The molecule has 3 N–H and O–H groups in total. The van der Waals surface area contributed by atoms with Crippen LogP contribution in [0.3, 0.4) is 0 Å². The normalized spacial score (nSPS) is 9.79. The van der Waals surface area contributed by atoms with Gasteiger partial charge in [-0.15, -0.1) is 0 Å². The maximum absolute atomic E-state index is 12.7. The number of carbonyl (C=O) groups excluding carboxylic acids is 1. The Hall–Kier alpha value is -3.25. The van der Waals surface area contributed by atoms with Gasteiger partial charge in [-0.2, -0.15) is 15.8 Å². The first kappa shape index (κ1) is 22.8. The number of hydrogen-bond donors (Lipinski definition) is 2. The van der Waals surface area contributed by atoms with Gasteiger partial charge >= 0.3 is 0 Å². The first-order valence-corrected chi connectivity index (χ1v) is 8.89. The van der Waals surface area contributed by atoms with E-state index >= 15 is 0 Å². The summed E-state index contributed by atoms with van der Waals surface area (Å²) in [5, 5.41) is 30.5. The molecule has 0 aliphatic rings. The Labute approximate surface area is 169 Å². The summed E-state index contributed by atoms with van der Waals surface area (Å²) < 4.78 is 5.31. The number of allylic oxidation sites excluding steroid dienone is 2. The van der Waals surface area contributed by atoms with Crippen molar-refractivity contribution in [1.29, 1.82) is 15.8 Å². The molecule has 0 unspecified atom stereocenters. The summed E-state index contributed by atoms with van der Waals surface area (Å²) in [5.74, 6) is -0.498. The molecule has 0 radical (unpaired) electrons. The molecule has 0 heterocycles. The fraction of sp³-hybridized carbons (Fsp3) is 0.368. The third-order valence-corrected chi connectivity index (χ3v) is 4.47. The Bertz CT molecular complexity index is 885. The average Bonchev–Trinajstić information content (AvgIpc) is 2.71. The summed E-state index contributed by atoms with van der Waals surface area (Å²) in [6, 6.07) is 6.40. The molecule has 0 saturated carbocycles. The van der Waals surface area contributed by atoms with Gasteiger partial charge in [0.1, 0.15) is 29.5 Å². The third-order valence-electron chi connectivity index (χ3n) is 4.16. The summed E-state index contributed by atoms with van der Waals surface area (Å²) in [5.41, 5.74) is 5.16. The van der Waals surface area contributed by atoms with Crippen LogP contribution in [0.25, 0.3) is 5.57 Å². The van der Waals surface area contributed by atoms with Crippen LogP contribution in [0, 0.1) is 34.0 Å². The highest BCUT2D eigenvalue weighted by molar-refractivity contribution is 6.34. The van der Waals surface area contributed by atoms with Gasteiger partial charge in [-0.25, -0.2) is 0 Å². The van der Waals surface area contributed by atoms with Crippen molar-refractivity contribution in [3.8, 4) is 24.0 Å². The predicted molar refractivity (Wildman–Crippen MR) is 106 cm³/mol. The quantitative estimate of drug-likeness (QED) is 0.504. The number of anilines is 1. The zero-order valence-corrected chi connectivity index (χ0v) is 16.7. The van der Waals surface area contributed by atoms with Gasteiger partial charge in [0.25, 0.3) is 5.91 Å². The van der Waals surface area contributed by atoms with Crippen molar-refractivity contribution in [3.63, 3.8) is 0 Å². The Kier molecular flexibility index (Phi) is 8.78. The first-order valence-electron chi connectivity index (χ1n) is 8.51. The number of rotatable bonds is 8. The Morgan fingerprint density at radius 1 is 1.25 bits per heavy atom. The van der Waals surface area contributed by atoms with E-state index in [0.717, 1.165) is 13.1 Å². The molecule has 0 spiro atoms. The summed E-state index contributed by atoms with van der Waals surface area (Å²) in [7, 11) is 1.30. The third kappa shape index (κ3) is 4.92. The minimum absolute atomic E-state index is 0.00710. The summed E-state index contributed by atoms with van der Waals surface area (Å²) in [6.45, 7) is 6.82. The summed E-state index contributed by atoms with van der Waals surface area (Å²) in [4.78, 5) is 14.8. The van der Waals surface area contributed by atoms with Gasteiger partial charge in [-0.05, 0) is 19.2 Å². The SMILES string of the molecule is CCN(CC)CCNC(=O)c1cc(Cl)c(N)c(C(C#N)=C(C#N)C#N)c1OC. The highest BCUT2D eigenvalue weighted by Crippen LogP contribution is 2.40. The van der Waals surface area contributed by atoms with Crippen LogP contribution in [0.2, 0.25) is 5.02 Å². The fourth-order valence-corrected chi connectivity index (χ4v) is 2.82. The molecular weight excluding hydrogens is 380 g/mol. The maximum atomic E-state index is 12.7. The van der Waals surface area contributed by atoms with E-state index in [9.17, 15) is 10.1 Å². The molecular formula is C19H21ClN6O2. The van der Waals surface area contributed by atoms with Gasteiger partial charge in [0, 0.05) is 13.1 Å². The standard InChI is InChI=1S/C19H21ClN6O2/c1-4-26(5-2)7-6-25-19(27)13-8-15(20)17(24)16(18(13)28-3)14(11-23)12(9-21)10-22/h8H,4-7,24H2,1-3H3,(H,25,27). The van der Waals surface area contributed by atoms with Crippen LogP contribution >= 0.6 is 11.6 Å². The summed E-state index contributed by atoms with van der Waals surface area (Å²) in [6.07, 6.45) is 0. The zero-order chi connectivity index (χ0) is 21.3. The molecule has 0 aliphatic heterocycles. The molecule has 28 heavy (non-hydrogen) atoms. The predicted octanol–water partition coefficient (Wildman–Crippen LogP) is 2.33. The number of nitriles is 3. The molecule has 1 rings (SSSR count). The number of methoxy groups -OCH3 is 1. The van der Waals surface area contributed by atoms with Crippen LogP contribution in [-0.4, -0.2) is 44.1 Å². The van der Waals surface area contributed by atoms with E-state index in [1.165, 1.54) is 13.2 Å². The van der Waals surface area contributed by atoms with Gasteiger partial charge in [-0.1, -0.05) is 25.4 Å². The molecule has 1 amide bonds. The maximum Gasteiger partial charge on any atom is 0.255 e. The van der Waals surface area contributed by atoms with Crippen molar-refractivity contribution in [2.75, 3.05) is 39.0 Å². The number of nitrogens with two attached hydrogens (primary N) is 1. The molecule has 9 heteroatoms. The topological polar surface area (TPSA) is 139 Å². The van der Waals surface area contributed by atoms with E-state index in [-0.39, 0.29) is 33.2 Å². The fourth-order valence-electron chi connectivity index (χ4n) is 2.61. The molecule has 0 aromatic heterocycles. The molecule has 1 aromatic rings. The van der Waals surface area contributed by atoms with Crippen LogP contribution in [0.5, 0.6) is 5.75 Å². The number of ether oxygens (including phenoxy) is 1. The van der Waals surface area contributed by atoms with E-state index in [1.807, 2.05) is 13.8 Å². The minimum Gasteiger partial charge on any atom is -0.495 e. The molecule has 0 aliphatic carbocycles. The van der Waals surface area contributed by atoms with Crippen molar-refractivity contribution in [2.24, 2.45) is 0 Å². The van der Waals surface area contributed by atoms with Gasteiger partial charge in [0.15, 0.2) is 0 Å². The van der Waals surface area contributed by atoms with E-state index < -0.39 is 11.5 Å². The lowest BCUT2D eigenvalue weighted by Crippen LogP contribution is -2.35. The number of amides is 1. The minimum atomic E-state index is -0.472. The lowest BCUT2D eigenvalue weighted by Gasteiger charge is -2.19. The molecule has 146 valence electrons. The second kappa shape index (κ2) is 10.8. The van der Waals surface area contributed by atoms with Crippen molar-refractivity contribution >= 4 is 28.8 Å².